The summed E-state index contributed by atoms with van der Waals surface area (Å²) in [5.41, 5.74) is 1.59. The Bertz CT molecular complexity index is 937. The second-order valence-corrected chi connectivity index (χ2v) is 9.71. The largest absolute Gasteiger partial charge is 0.497 e. The number of nitrogens with zero attached hydrogens (tertiary/aromatic N) is 2. The first-order valence-corrected chi connectivity index (χ1v) is 11.8. The van der Waals surface area contributed by atoms with Crippen molar-refractivity contribution in [2.24, 2.45) is 0 Å². The lowest BCUT2D eigenvalue weighted by Gasteiger charge is -2.28. The quantitative estimate of drug-likeness (QED) is 0.454. The molecule has 0 radical (unpaired) electrons. The summed E-state index contributed by atoms with van der Waals surface area (Å²) < 4.78 is 39.2. The van der Waals surface area contributed by atoms with Crippen LogP contribution in [-0.4, -0.2) is 57.1 Å². The number of amides is 1. The Morgan fingerprint density at radius 2 is 1.38 bits per heavy atom. The molecule has 0 saturated carbocycles. The first kappa shape index (κ1) is 25.4. The van der Waals surface area contributed by atoms with E-state index in [1.807, 2.05) is 24.3 Å². The molecular weight excluding hydrogens is 428 g/mol. The second kappa shape index (κ2) is 11.7. The van der Waals surface area contributed by atoms with Crippen molar-refractivity contribution in [3.8, 4) is 11.5 Å². The molecule has 0 aromatic heterocycles. The molecule has 0 aliphatic rings. The van der Waals surface area contributed by atoms with Crippen molar-refractivity contribution in [3.63, 3.8) is 0 Å². The molecule has 2 aromatic rings. The van der Waals surface area contributed by atoms with E-state index < -0.39 is 21.2 Å². The molecule has 32 heavy (non-hydrogen) atoms. The number of benzene rings is 2. The summed E-state index contributed by atoms with van der Waals surface area (Å²) in [6.45, 7) is 3.93. The number of ether oxygens (including phenoxy) is 2. The molecule has 0 N–H and O–H groups in total. The van der Waals surface area contributed by atoms with Crippen LogP contribution in [0.4, 0.5) is 0 Å². The molecule has 0 bridgehead atoms. The van der Waals surface area contributed by atoms with Crippen LogP contribution in [0.1, 0.15) is 24.0 Å². The smallest absolute Gasteiger partial charge is 0.241 e. The zero-order valence-electron chi connectivity index (χ0n) is 19.2. The summed E-state index contributed by atoms with van der Waals surface area (Å²) in [7, 11) is 2.31. The maximum atomic E-state index is 13.7. The third-order valence-electron chi connectivity index (χ3n) is 5.10. The zero-order chi connectivity index (χ0) is 23.7. The molecule has 1 amide bonds. The van der Waals surface area contributed by atoms with Gasteiger partial charge in [0.2, 0.25) is 15.9 Å². The lowest BCUT2D eigenvalue weighted by Crippen LogP contribution is -2.46. The van der Waals surface area contributed by atoms with Crippen LogP contribution in [-0.2, 0) is 27.9 Å². The van der Waals surface area contributed by atoms with Gasteiger partial charge in [-0.1, -0.05) is 30.3 Å². The van der Waals surface area contributed by atoms with E-state index in [2.05, 4.69) is 6.58 Å². The van der Waals surface area contributed by atoms with Gasteiger partial charge in [0, 0.05) is 27.2 Å². The third-order valence-corrected chi connectivity index (χ3v) is 7.24. The van der Waals surface area contributed by atoms with E-state index in [1.165, 1.54) is 9.21 Å². The van der Waals surface area contributed by atoms with Crippen LogP contribution < -0.4 is 9.47 Å². The molecule has 7 nitrogen and oxygen atoms in total. The van der Waals surface area contributed by atoms with Gasteiger partial charge in [-0.25, -0.2) is 8.42 Å². The third kappa shape index (κ3) is 6.58. The minimum absolute atomic E-state index is 0.129. The van der Waals surface area contributed by atoms with Crippen LogP contribution in [0.15, 0.2) is 61.2 Å². The number of carbonyl (C=O) groups is 1. The number of allylic oxidation sites excluding steroid dienone is 1. The van der Waals surface area contributed by atoms with Crippen molar-refractivity contribution in [3.05, 3.63) is 72.3 Å². The molecule has 1 atom stereocenters. The van der Waals surface area contributed by atoms with Gasteiger partial charge in [-0.3, -0.25) is 4.79 Å². The Morgan fingerprint density at radius 3 is 1.72 bits per heavy atom. The first-order valence-electron chi connectivity index (χ1n) is 10.3. The molecule has 0 unspecified atom stereocenters. The predicted molar refractivity (Wildman–Crippen MR) is 126 cm³/mol. The first-order chi connectivity index (χ1) is 15.2. The summed E-state index contributed by atoms with van der Waals surface area (Å²) in [4.78, 5) is 14.1. The molecule has 0 aliphatic heterocycles. The van der Waals surface area contributed by atoms with E-state index in [9.17, 15) is 13.2 Å². The Balaban J connectivity index is 2.44. The summed E-state index contributed by atoms with van der Waals surface area (Å²) in [6, 6.07) is 14.4. The van der Waals surface area contributed by atoms with Gasteiger partial charge in [0.25, 0.3) is 0 Å². The normalized spacial score (nSPS) is 12.3. The van der Waals surface area contributed by atoms with Crippen molar-refractivity contribution in [2.75, 3.05) is 28.3 Å². The fourth-order valence-corrected chi connectivity index (χ4v) is 5.16. The Kier molecular flexibility index (Phi) is 9.28. The van der Waals surface area contributed by atoms with Gasteiger partial charge in [-0.05, 0) is 48.2 Å². The van der Waals surface area contributed by atoms with Crippen molar-refractivity contribution in [1.82, 2.24) is 9.21 Å². The fraction of sp³-hybridized carbons (Fsp3) is 0.375. The Morgan fingerprint density at radius 1 is 0.938 bits per heavy atom. The van der Waals surface area contributed by atoms with Gasteiger partial charge in [0.05, 0.1) is 14.2 Å². The molecule has 0 heterocycles. The predicted octanol–water partition coefficient (Wildman–Crippen LogP) is 3.46. The van der Waals surface area contributed by atoms with Crippen LogP contribution in [0.2, 0.25) is 0 Å². The van der Waals surface area contributed by atoms with Crippen LogP contribution in [0.25, 0.3) is 0 Å². The Labute approximate surface area is 191 Å². The molecule has 2 rings (SSSR count). The Hall–Kier alpha value is -2.84. The molecular formula is C24H32N2O5S. The molecule has 174 valence electrons. The number of hydrogen-bond donors (Lipinski definition) is 0. The van der Waals surface area contributed by atoms with Gasteiger partial charge in [0.15, 0.2) is 5.25 Å². The number of rotatable bonds is 12. The lowest BCUT2D eigenvalue weighted by atomic mass is 10.2. The topological polar surface area (TPSA) is 76.2 Å². The summed E-state index contributed by atoms with van der Waals surface area (Å²) in [5, 5.41) is -1.19. The highest BCUT2D eigenvalue weighted by molar-refractivity contribution is 7.90. The molecule has 0 spiro atoms. The maximum Gasteiger partial charge on any atom is 0.241 e. The monoisotopic (exact) mass is 460 g/mol. The summed E-state index contributed by atoms with van der Waals surface area (Å²) in [5.74, 6) is 0.927. The van der Waals surface area contributed by atoms with Gasteiger partial charge >= 0.3 is 0 Å². The molecule has 0 aliphatic carbocycles. The van der Waals surface area contributed by atoms with Crippen molar-refractivity contribution in [2.45, 2.75) is 31.2 Å². The van der Waals surface area contributed by atoms with Crippen LogP contribution >= 0.6 is 0 Å². The van der Waals surface area contributed by atoms with Crippen LogP contribution in [0, 0.1) is 0 Å². The second-order valence-electron chi connectivity index (χ2n) is 7.60. The van der Waals surface area contributed by atoms with Crippen molar-refractivity contribution in [1.29, 1.82) is 0 Å². The average molecular weight is 461 g/mol. The molecule has 0 fully saturated rings. The van der Waals surface area contributed by atoms with Gasteiger partial charge in [-0.15, -0.1) is 6.58 Å². The van der Waals surface area contributed by atoms with Crippen molar-refractivity contribution < 1.29 is 22.7 Å². The number of methoxy groups -OCH3 is 2. The number of sulfonamides is 1. The zero-order valence-corrected chi connectivity index (χ0v) is 20.0. The molecule has 2 aromatic carbocycles. The van der Waals surface area contributed by atoms with E-state index in [1.54, 1.807) is 58.7 Å². The minimum Gasteiger partial charge on any atom is -0.497 e. The highest BCUT2D eigenvalue weighted by atomic mass is 32.2. The fourth-order valence-electron chi connectivity index (χ4n) is 3.24. The van der Waals surface area contributed by atoms with Crippen LogP contribution in [0.3, 0.4) is 0 Å². The summed E-state index contributed by atoms with van der Waals surface area (Å²) >= 11 is 0. The summed E-state index contributed by atoms with van der Waals surface area (Å²) in [6.07, 6.45) is 2.22. The van der Waals surface area contributed by atoms with E-state index in [0.29, 0.717) is 17.9 Å². The lowest BCUT2D eigenvalue weighted by molar-refractivity contribution is -0.128. The van der Waals surface area contributed by atoms with Gasteiger partial charge in [-0.2, -0.15) is 4.31 Å². The van der Waals surface area contributed by atoms with E-state index in [0.717, 1.165) is 11.1 Å². The number of carbonyl (C=O) groups excluding carboxylic acids is 1. The highest BCUT2D eigenvalue weighted by Crippen LogP contribution is 2.24. The van der Waals surface area contributed by atoms with E-state index in [4.69, 9.17) is 9.47 Å². The standard InChI is InChI=1S/C24H32N2O5S/c1-6-7-8-23(24(27)25(2)3)32(28,29)26(17-19-9-13-21(30-4)14-10-19)18-20-11-15-22(31-5)16-12-20/h6,9-16,23H,1,7-8,17-18H2,2-5H3/t23-/m1/s1. The van der Waals surface area contributed by atoms with E-state index >= 15 is 0 Å². The van der Waals surface area contributed by atoms with Gasteiger partial charge in [0.1, 0.15) is 11.5 Å². The van der Waals surface area contributed by atoms with Crippen molar-refractivity contribution >= 4 is 15.9 Å². The maximum absolute atomic E-state index is 13.7. The van der Waals surface area contributed by atoms with E-state index in [-0.39, 0.29) is 19.5 Å². The minimum atomic E-state index is -3.98. The average Bonchev–Trinajstić information content (AvgIpc) is 2.79. The van der Waals surface area contributed by atoms with Gasteiger partial charge < -0.3 is 14.4 Å². The van der Waals surface area contributed by atoms with Crippen LogP contribution in [0.5, 0.6) is 11.5 Å². The highest BCUT2D eigenvalue weighted by Gasteiger charge is 2.38. The number of hydrogen-bond acceptors (Lipinski definition) is 5. The molecule has 0 saturated heterocycles. The SMILES string of the molecule is C=CCC[C@H](C(=O)N(C)C)S(=O)(=O)N(Cc1ccc(OC)cc1)Cc1ccc(OC)cc1. The molecule has 8 heteroatoms.